The number of hydrogen-bond acceptors (Lipinski definition) is 3. The summed E-state index contributed by atoms with van der Waals surface area (Å²) in [6.07, 6.45) is 6.12. The lowest BCUT2D eigenvalue weighted by Gasteiger charge is -2.36. The van der Waals surface area contributed by atoms with Gasteiger partial charge in [-0.1, -0.05) is 36.9 Å². The highest BCUT2D eigenvalue weighted by atomic mass is 35.5. The molecule has 1 heterocycles. The maximum Gasteiger partial charge on any atom is 0.234 e. The van der Waals surface area contributed by atoms with Gasteiger partial charge >= 0.3 is 0 Å². The zero-order valence-corrected chi connectivity index (χ0v) is 14.4. The molecular weight excluding hydrogens is 310 g/mol. The third kappa shape index (κ3) is 4.85. The van der Waals surface area contributed by atoms with Gasteiger partial charge in [0.05, 0.1) is 6.54 Å². The Labute approximate surface area is 143 Å². The quantitative estimate of drug-likeness (QED) is 0.919. The topological polar surface area (TPSA) is 35.6 Å². The Kier molecular flexibility index (Phi) is 5.79. The summed E-state index contributed by atoms with van der Waals surface area (Å²) in [6, 6.07) is 8.40. The molecule has 1 saturated heterocycles. The van der Waals surface area contributed by atoms with Gasteiger partial charge in [-0.3, -0.25) is 9.69 Å². The van der Waals surface area contributed by atoms with Crippen LogP contribution in [0, 0.1) is 0 Å². The molecule has 0 radical (unpaired) electrons. The summed E-state index contributed by atoms with van der Waals surface area (Å²) >= 11 is 6.06. The first-order chi connectivity index (χ1) is 11.2. The monoisotopic (exact) mass is 335 g/mol. The number of hydrogen-bond donors (Lipinski definition) is 1. The molecule has 2 fully saturated rings. The number of piperazine rings is 1. The highest BCUT2D eigenvalue weighted by Gasteiger charge is 2.21. The van der Waals surface area contributed by atoms with Crippen molar-refractivity contribution in [3.63, 3.8) is 0 Å². The van der Waals surface area contributed by atoms with Gasteiger partial charge in [-0.05, 0) is 31.0 Å². The second-order valence-electron chi connectivity index (χ2n) is 6.65. The highest BCUT2D eigenvalue weighted by molar-refractivity contribution is 6.30. The summed E-state index contributed by atoms with van der Waals surface area (Å²) in [6.45, 7) is 4.25. The SMILES string of the molecule is O=C(CN1CCN(c2cccc(Cl)c2)CC1)NC1CCCCC1. The van der Waals surface area contributed by atoms with Crippen LogP contribution in [-0.4, -0.2) is 49.6 Å². The van der Waals surface area contributed by atoms with E-state index >= 15 is 0 Å². The van der Waals surface area contributed by atoms with Crippen molar-refractivity contribution in [3.8, 4) is 0 Å². The number of carbonyl (C=O) groups is 1. The molecule has 0 aromatic heterocycles. The molecular formula is C18H26ClN3O. The van der Waals surface area contributed by atoms with Crippen LogP contribution in [0.15, 0.2) is 24.3 Å². The number of benzene rings is 1. The lowest BCUT2D eigenvalue weighted by atomic mass is 9.95. The molecule has 0 bridgehead atoms. The Bertz CT molecular complexity index is 523. The van der Waals surface area contributed by atoms with Gasteiger partial charge in [0.1, 0.15) is 0 Å². The maximum atomic E-state index is 12.2. The van der Waals surface area contributed by atoms with E-state index in [-0.39, 0.29) is 5.91 Å². The van der Waals surface area contributed by atoms with E-state index in [1.165, 1.54) is 24.9 Å². The van der Waals surface area contributed by atoms with Crippen molar-refractivity contribution in [1.29, 1.82) is 0 Å². The van der Waals surface area contributed by atoms with E-state index in [9.17, 15) is 4.79 Å². The number of amides is 1. The molecule has 1 aliphatic carbocycles. The average Bonchev–Trinajstić information content (AvgIpc) is 2.56. The largest absolute Gasteiger partial charge is 0.369 e. The molecule has 4 nitrogen and oxygen atoms in total. The van der Waals surface area contributed by atoms with Crippen LogP contribution in [0.2, 0.25) is 5.02 Å². The molecule has 1 aromatic carbocycles. The number of nitrogens with zero attached hydrogens (tertiary/aromatic N) is 2. The Morgan fingerprint density at radius 3 is 2.57 bits per heavy atom. The van der Waals surface area contributed by atoms with E-state index in [0.29, 0.717) is 12.6 Å². The van der Waals surface area contributed by atoms with Crippen molar-refractivity contribution in [1.82, 2.24) is 10.2 Å². The lowest BCUT2D eigenvalue weighted by Crippen LogP contribution is -2.50. The molecule has 2 aliphatic rings. The van der Waals surface area contributed by atoms with Crippen LogP contribution in [0.25, 0.3) is 0 Å². The molecule has 0 atom stereocenters. The molecule has 1 N–H and O–H groups in total. The van der Waals surface area contributed by atoms with E-state index in [0.717, 1.165) is 44.0 Å². The first-order valence-corrected chi connectivity index (χ1v) is 9.11. The number of nitrogens with one attached hydrogen (secondary N) is 1. The third-order valence-corrected chi connectivity index (χ3v) is 5.12. The normalized spacial score (nSPS) is 20.5. The fourth-order valence-electron chi connectivity index (χ4n) is 3.56. The van der Waals surface area contributed by atoms with Crippen molar-refractivity contribution < 1.29 is 4.79 Å². The molecule has 3 rings (SSSR count). The minimum Gasteiger partial charge on any atom is -0.369 e. The second-order valence-corrected chi connectivity index (χ2v) is 7.08. The second kappa shape index (κ2) is 8.02. The molecule has 23 heavy (non-hydrogen) atoms. The standard InChI is InChI=1S/C18H26ClN3O/c19-15-5-4-8-17(13-15)22-11-9-21(10-12-22)14-18(23)20-16-6-2-1-3-7-16/h4-5,8,13,16H,1-3,6-7,9-12,14H2,(H,20,23). The lowest BCUT2D eigenvalue weighted by molar-refractivity contribution is -0.123. The van der Waals surface area contributed by atoms with E-state index in [1.54, 1.807) is 0 Å². The summed E-state index contributed by atoms with van der Waals surface area (Å²) in [5, 5.41) is 3.98. The molecule has 5 heteroatoms. The highest BCUT2D eigenvalue weighted by Crippen LogP contribution is 2.21. The van der Waals surface area contributed by atoms with Gasteiger partial charge in [-0.15, -0.1) is 0 Å². The van der Waals surface area contributed by atoms with Crippen molar-refractivity contribution >= 4 is 23.2 Å². The van der Waals surface area contributed by atoms with Crippen LogP contribution in [0.4, 0.5) is 5.69 Å². The maximum absolute atomic E-state index is 12.2. The fraction of sp³-hybridized carbons (Fsp3) is 0.611. The van der Waals surface area contributed by atoms with Gasteiger partial charge in [-0.2, -0.15) is 0 Å². The first-order valence-electron chi connectivity index (χ1n) is 8.73. The van der Waals surface area contributed by atoms with E-state index in [1.807, 2.05) is 18.2 Å². The Hall–Kier alpha value is -1.26. The predicted octanol–water partition coefficient (Wildman–Crippen LogP) is 2.91. The Morgan fingerprint density at radius 2 is 1.87 bits per heavy atom. The average molecular weight is 336 g/mol. The van der Waals surface area contributed by atoms with E-state index < -0.39 is 0 Å². The summed E-state index contributed by atoms with van der Waals surface area (Å²) in [4.78, 5) is 16.8. The summed E-state index contributed by atoms with van der Waals surface area (Å²) in [5.74, 6) is 0.188. The summed E-state index contributed by atoms with van der Waals surface area (Å²) in [7, 11) is 0. The Morgan fingerprint density at radius 1 is 1.13 bits per heavy atom. The van der Waals surface area contributed by atoms with Crippen molar-refractivity contribution in [3.05, 3.63) is 29.3 Å². The van der Waals surface area contributed by atoms with Crippen LogP contribution in [0.1, 0.15) is 32.1 Å². The molecule has 1 amide bonds. The van der Waals surface area contributed by atoms with Gasteiger partial charge < -0.3 is 10.2 Å². The minimum atomic E-state index is 0.188. The van der Waals surface area contributed by atoms with Crippen molar-refractivity contribution in [2.75, 3.05) is 37.6 Å². The van der Waals surface area contributed by atoms with E-state index in [2.05, 4.69) is 21.2 Å². The molecule has 1 aliphatic heterocycles. The van der Waals surface area contributed by atoms with Crippen LogP contribution in [-0.2, 0) is 4.79 Å². The molecule has 1 aromatic rings. The van der Waals surface area contributed by atoms with E-state index in [4.69, 9.17) is 11.6 Å². The first kappa shape index (κ1) is 16.6. The minimum absolute atomic E-state index is 0.188. The molecule has 126 valence electrons. The summed E-state index contributed by atoms with van der Waals surface area (Å²) in [5.41, 5.74) is 1.17. The van der Waals surface area contributed by atoms with Gasteiger partial charge in [0, 0.05) is 42.9 Å². The summed E-state index contributed by atoms with van der Waals surface area (Å²) < 4.78 is 0. The van der Waals surface area contributed by atoms with Crippen LogP contribution < -0.4 is 10.2 Å². The smallest absolute Gasteiger partial charge is 0.234 e. The van der Waals surface area contributed by atoms with Crippen LogP contribution in [0.5, 0.6) is 0 Å². The van der Waals surface area contributed by atoms with Crippen LogP contribution >= 0.6 is 11.6 Å². The number of carbonyl (C=O) groups excluding carboxylic acids is 1. The third-order valence-electron chi connectivity index (χ3n) is 4.88. The van der Waals surface area contributed by atoms with Gasteiger partial charge in [-0.25, -0.2) is 0 Å². The zero-order valence-electron chi connectivity index (χ0n) is 13.6. The van der Waals surface area contributed by atoms with Crippen molar-refractivity contribution in [2.45, 2.75) is 38.1 Å². The van der Waals surface area contributed by atoms with Gasteiger partial charge in [0.2, 0.25) is 5.91 Å². The number of anilines is 1. The van der Waals surface area contributed by atoms with Gasteiger partial charge in [0.25, 0.3) is 0 Å². The zero-order chi connectivity index (χ0) is 16.1. The number of rotatable bonds is 4. The fourth-order valence-corrected chi connectivity index (χ4v) is 3.74. The number of halogens is 1. The van der Waals surface area contributed by atoms with Crippen LogP contribution in [0.3, 0.4) is 0 Å². The molecule has 0 spiro atoms. The van der Waals surface area contributed by atoms with Gasteiger partial charge in [0.15, 0.2) is 0 Å². The Balaban J connectivity index is 1.42. The van der Waals surface area contributed by atoms with Crippen molar-refractivity contribution in [2.24, 2.45) is 0 Å². The molecule has 0 unspecified atom stereocenters. The molecule has 1 saturated carbocycles. The predicted molar refractivity (Wildman–Crippen MR) is 95.1 cm³/mol.